The second-order valence-corrected chi connectivity index (χ2v) is 15.8. The van der Waals surface area contributed by atoms with Gasteiger partial charge in [-0.15, -0.1) is 0 Å². The number of primary amides is 1. The standard InChI is InChI=1S/C39H44N5O9P/c1-21(2)24-9-7-23(8-10-24)20-53-22(3)29(15-16-34(40)45)42-37(47)33-19-26-6-4-5-25-11-14-31(38(48)44(33)35(25)26)43-36(46)32-18-28-17-27(12-13-30(28)41-32)39(49)54(50,51)52/h4-10,12-13,17-18,21-22,29,31,33,41H,11,14-16,19-20H2,1-3H3,(H2,40,45)(H,42,47)(H,43,46)(H2,50,51,52)/t22-,29+,31+,33+/m1/s1. The fraction of sp³-hybridized carbons (Fsp3) is 0.359. The van der Waals surface area contributed by atoms with E-state index >= 15 is 0 Å². The number of hydrogen-bond acceptors (Lipinski definition) is 7. The van der Waals surface area contributed by atoms with Crippen molar-refractivity contribution >= 4 is 53.3 Å². The van der Waals surface area contributed by atoms with E-state index in [0.717, 1.165) is 16.7 Å². The van der Waals surface area contributed by atoms with Gasteiger partial charge >= 0.3 is 7.60 Å². The van der Waals surface area contributed by atoms with E-state index in [-0.39, 0.29) is 43.5 Å². The second-order valence-electron chi connectivity index (χ2n) is 14.3. The number of aromatic nitrogens is 1. The molecule has 7 N–H and O–H groups in total. The van der Waals surface area contributed by atoms with E-state index < -0.39 is 61.0 Å². The molecule has 2 aliphatic rings. The Labute approximate surface area is 312 Å². The average Bonchev–Trinajstić information content (AvgIpc) is 3.72. The molecule has 14 nitrogen and oxygen atoms in total. The van der Waals surface area contributed by atoms with Gasteiger partial charge in [0, 0.05) is 29.3 Å². The Morgan fingerprint density at radius 1 is 1.02 bits per heavy atom. The summed E-state index contributed by atoms with van der Waals surface area (Å²) in [5.74, 6) is -1.63. The van der Waals surface area contributed by atoms with Gasteiger partial charge in [0.05, 0.1) is 24.4 Å². The number of amides is 4. The number of rotatable bonds is 14. The zero-order valence-corrected chi connectivity index (χ0v) is 31.1. The lowest BCUT2D eigenvalue weighted by atomic mass is 10.0. The van der Waals surface area contributed by atoms with Crippen molar-refractivity contribution in [2.24, 2.45) is 5.73 Å². The van der Waals surface area contributed by atoms with Gasteiger partial charge in [-0.1, -0.05) is 56.3 Å². The van der Waals surface area contributed by atoms with Crippen molar-refractivity contribution in [1.29, 1.82) is 0 Å². The molecule has 4 aromatic rings. The minimum atomic E-state index is -5.01. The minimum Gasteiger partial charge on any atom is -0.372 e. The molecule has 3 heterocycles. The fourth-order valence-electron chi connectivity index (χ4n) is 7.11. The van der Waals surface area contributed by atoms with Crippen LogP contribution in [0.25, 0.3) is 10.9 Å². The number of aromatic amines is 1. The molecule has 0 radical (unpaired) electrons. The van der Waals surface area contributed by atoms with Gasteiger partial charge in [0.15, 0.2) is 0 Å². The number of aryl methyl sites for hydroxylation is 1. The summed E-state index contributed by atoms with van der Waals surface area (Å²) in [4.78, 5) is 88.9. The van der Waals surface area contributed by atoms with Crippen LogP contribution in [0.1, 0.15) is 89.1 Å². The maximum atomic E-state index is 14.3. The molecule has 6 rings (SSSR count). The molecule has 0 spiro atoms. The van der Waals surface area contributed by atoms with E-state index in [1.165, 1.54) is 34.7 Å². The minimum absolute atomic E-state index is 0.0164. The fourth-order valence-corrected chi connectivity index (χ4v) is 7.59. The number of ether oxygens (including phenoxy) is 1. The van der Waals surface area contributed by atoms with Gasteiger partial charge in [-0.25, -0.2) is 0 Å². The number of H-pyrrole nitrogens is 1. The van der Waals surface area contributed by atoms with Crippen LogP contribution >= 0.6 is 7.60 Å². The van der Waals surface area contributed by atoms with Crippen molar-refractivity contribution in [3.05, 3.63) is 100 Å². The zero-order valence-electron chi connectivity index (χ0n) is 30.2. The summed E-state index contributed by atoms with van der Waals surface area (Å²) in [6.07, 6.45) is 0.701. The Morgan fingerprint density at radius 3 is 2.43 bits per heavy atom. The predicted molar refractivity (Wildman–Crippen MR) is 201 cm³/mol. The van der Waals surface area contributed by atoms with Crippen molar-refractivity contribution in [3.63, 3.8) is 0 Å². The summed E-state index contributed by atoms with van der Waals surface area (Å²) >= 11 is 0. The number of carbonyl (C=O) groups excluding carboxylic acids is 5. The summed E-state index contributed by atoms with van der Waals surface area (Å²) in [5, 5.41) is 6.22. The predicted octanol–water partition coefficient (Wildman–Crippen LogP) is 3.97. The smallest absolute Gasteiger partial charge is 0.372 e. The Hall–Kier alpha value is -5.14. The number of benzene rings is 3. The third kappa shape index (κ3) is 8.32. The molecule has 2 aliphatic heterocycles. The van der Waals surface area contributed by atoms with E-state index in [4.69, 9.17) is 10.5 Å². The van der Waals surface area contributed by atoms with Crippen molar-refractivity contribution in [2.75, 3.05) is 4.90 Å². The molecule has 15 heteroatoms. The number of fused-ring (bicyclic) bond motifs is 1. The van der Waals surface area contributed by atoms with Gasteiger partial charge in [0.2, 0.25) is 17.7 Å². The first kappa shape index (κ1) is 38.6. The van der Waals surface area contributed by atoms with Crippen LogP contribution in [0, 0.1) is 0 Å². The second kappa shape index (κ2) is 15.7. The summed E-state index contributed by atoms with van der Waals surface area (Å²) < 4.78 is 17.7. The maximum Gasteiger partial charge on any atom is 0.396 e. The largest absolute Gasteiger partial charge is 0.396 e. The molecule has 284 valence electrons. The first-order valence-corrected chi connectivity index (χ1v) is 19.5. The third-order valence-electron chi connectivity index (χ3n) is 10.1. The van der Waals surface area contributed by atoms with E-state index in [0.29, 0.717) is 28.9 Å². The van der Waals surface area contributed by atoms with Gasteiger partial charge in [-0.3, -0.25) is 33.4 Å². The molecule has 0 saturated heterocycles. The van der Waals surface area contributed by atoms with E-state index in [9.17, 15) is 38.3 Å². The monoisotopic (exact) mass is 757 g/mol. The lowest BCUT2D eigenvalue weighted by molar-refractivity contribution is -0.128. The van der Waals surface area contributed by atoms with Crippen LogP contribution in [-0.4, -0.2) is 68.2 Å². The SMILES string of the molecule is CC(C)c1ccc(CO[C@H](C)[C@H](CCC(N)=O)NC(=O)[C@@H]2Cc3cccc4c3N2C(=O)[C@@H](NC(=O)c2cc3cc(C(=O)P(=O)(O)O)ccc3[nH]2)CC4)cc1. The van der Waals surface area contributed by atoms with Gasteiger partial charge < -0.3 is 35.9 Å². The van der Waals surface area contributed by atoms with Gasteiger partial charge in [0.25, 0.3) is 11.4 Å². The van der Waals surface area contributed by atoms with Crippen LogP contribution in [0.4, 0.5) is 5.69 Å². The highest BCUT2D eigenvalue weighted by molar-refractivity contribution is 7.70. The lowest BCUT2D eigenvalue weighted by Gasteiger charge is -2.31. The topological polar surface area (TPSA) is 221 Å². The molecule has 54 heavy (non-hydrogen) atoms. The molecule has 0 unspecified atom stereocenters. The Morgan fingerprint density at radius 2 is 1.74 bits per heavy atom. The number of carbonyl (C=O) groups is 5. The van der Waals surface area contributed by atoms with Gasteiger partial charge in [-0.2, -0.15) is 0 Å². The summed E-state index contributed by atoms with van der Waals surface area (Å²) in [6.45, 7) is 6.34. The molecule has 4 atom stereocenters. The van der Waals surface area contributed by atoms with Gasteiger partial charge in [0.1, 0.15) is 17.8 Å². The number of anilines is 1. The maximum absolute atomic E-state index is 14.3. The lowest BCUT2D eigenvalue weighted by Crippen LogP contribution is -2.56. The molecule has 4 amide bonds. The Bertz CT molecular complexity index is 2160. The van der Waals surface area contributed by atoms with Crippen molar-refractivity contribution in [1.82, 2.24) is 15.6 Å². The normalized spacial score (nSPS) is 17.9. The summed E-state index contributed by atoms with van der Waals surface area (Å²) in [6, 6.07) is 16.6. The van der Waals surface area contributed by atoms with Gasteiger partial charge in [-0.05, 0) is 78.6 Å². The zero-order chi connectivity index (χ0) is 38.9. The summed E-state index contributed by atoms with van der Waals surface area (Å²) in [7, 11) is -5.01. The quantitative estimate of drug-likeness (QED) is 0.102. The molecule has 3 aromatic carbocycles. The molecule has 0 saturated carbocycles. The molecular formula is C39H44N5O9P. The number of nitrogens with two attached hydrogens (primary N) is 1. The average molecular weight is 758 g/mol. The molecule has 0 aliphatic carbocycles. The first-order valence-electron chi connectivity index (χ1n) is 17.9. The van der Waals surface area contributed by atoms with E-state index in [1.54, 1.807) is 0 Å². The summed E-state index contributed by atoms with van der Waals surface area (Å²) in [5.41, 5.74) is 8.96. The van der Waals surface area contributed by atoms with Crippen LogP contribution in [0.3, 0.4) is 0 Å². The molecule has 0 fully saturated rings. The number of hydrogen-bond donors (Lipinski definition) is 6. The van der Waals surface area contributed by atoms with Crippen LogP contribution in [0.5, 0.6) is 0 Å². The number of nitrogens with one attached hydrogen (secondary N) is 3. The Balaban J connectivity index is 1.19. The Kier molecular flexibility index (Phi) is 11.2. The van der Waals surface area contributed by atoms with E-state index in [2.05, 4.69) is 41.6 Å². The van der Waals surface area contributed by atoms with Crippen LogP contribution < -0.4 is 21.3 Å². The van der Waals surface area contributed by atoms with Crippen molar-refractivity contribution in [3.8, 4) is 0 Å². The van der Waals surface area contributed by atoms with E-state index in [1.807, 2.05) is 37.3 Å². The number of nitrogens with zero attached hydrogens (tertiary/aromatic N) is 1. The van der Waals surface area contributed by atoms with Crippen LogP contribution in [0.15, 0.2) is 66.7 Å². The highest BCUT2D eigenvalue weighted by atomic mass is 31.2. The molecular weight excluding hydrogens is 713 g/mol. The van der Waals surface area contributed by atoms with Crippen LogP contribution in [0.2, 0.25) is 0 Å². The van der Waals surface area contributed by atoms with Crippen LogP contribution in [-0.2, 0) is 43.1 Å². The highest BCUT2D eigenvalue weighted by Crippen LogP contribution is 2.40. The number of para-hydroxylation sites is 1. The third-order valence-corrected chi connectivity index (χ3v) is 10.9. The first-order chi connectivity index (χ1) is 25.6. The molecule has 1 aromatic heterocycles. The molecule has 0 bridgehead atoms. The van der Waals surface area contributed by atoms with Crippen molar-refractivity contribution in [2.45, 2.75) is 89.6 Å². The highest BCUT2D eigenvalue weighted by Gasteiger charge is 2.44. The van der Waals surface area contributed by atoms with Crippen molar-refractivity contribution < 1.29 is 43.1 Å².